The number of nitrogens with one attached hydrogen (secondary N) is 1. The van der Waals surface area contributed by atoms with Gasteiger partial charge in [-0.15, -0.1) is 0 Å². The molecule has 0 heterocycles. The fourth-order valence-electron chi connectivity index (χ4n) is 4.11. The summed E-state index contributed by atoms with van der Waals surface area (Å²) in [5.74, 6) is -0.442. The highest BCUT2D eigenvalue weighted by Gasteiger charge is 2.32. The largest absolute Gasteiger partial charge is 0.496 e. The minimum Gasteiger partial charge on any atom is -0.496 e. The SMILES string of the molecule is CCc1cc(Oc2cc(C)cc([C@@H](C)NC(=O)c3ccc(C(F)(F)F)cc3OC)c2)ccc1CCC(=O)O. The van der Waals surface area contributed by atoms with E-state index in [1.165, 1.54) is 7.11 Å². The molecule has 202 valence electrons. The van der Waals surface area contributed by atoms with E-state index >= 15 is 0 Å². The maximum Gasteiger partial charge on any atom is 0.416 e. The van der Waals surface area contributed by atoms with Crippen molar-refractivity contribution in [1.82, 2.24) is 5.32 Å². The Hall–Kier alpha value is -4.01. The van der Waals surface area contributed by atoms with Gasteiger partial charge < -0.3 is 19.9 Å². The van der Waals surface area contributed by atoms with Crippen LogP contribution in [0.4, 0.5) is 13.2 Å². The molecule has 38 heavy (non-hydrogen) atoms. The Kier molecular flexibility index (Phi) is 9.04. The predicted octanol–water partition coefficient (Wildman–Crippen LogP) is 6.89. The zero-order chi connectivity index (χ0) is 28.0. The van der Waals surface area contributed by atoms with E-state index in [-0.39, 0.29) is 17.7 Å². The summed E-state index contributed by atoms with van der Waals surface area (Å²) in [4.78, 5) is 23.8. The first-order valence-corrected chi connectivity index (χ1v) is 12.1. The van der Waals surface area contributed by atoms with Gasteiger partial charge in [0.15, 0.2) is 0 Å². The second-order valence-electron chi connectivity index (χ2n) is 8.97. The van der Waals surface area contributed by atoms with Crippen LogP contribution in [0.5, 0.6) is 17.2 Å². The molecule has 0 saturated carbocycles. The number of amides is 1. The third-order valence-electron chi connectivity index (χ3n) is 6.10. The van der Waals surface area contributed by atoms with Crippen LogP contribution in [0.25, 0.3) is 0 Å². The van der Waals surface area contributed by atoms with Gasteiger partial charge in [0, 0.05) is 6.42 Å². The van der Waals surface area contributed by atoms with E-state index in [0.29, 0.717) is 17.9 Å². The molecule has 6 nitrogen and oxygen atoms in total. The van der Waals surface area contributed by atoms with Gasteiger partial charge in [0.25, 0.3) is 5.91 Å². The van der Waals surface area contributed by atoms with Gasteiger partial charge >= 0.3 is 12.1 Å². The van der Waals surface area contributed by atoms with E-state index in [1.807, 2.05) is 38.1 Å². The molecule has 0 radical (unpaired) electrons. The number of carbonyl (C=O) groups excluding carboxylic acids is 1. The van der Waals surface area contributed by atoms with E-state index in [9.17, 15) is 22.8 Å². The quantitative estimate of drug-likeness (QED) is 0.299. The molecule has 2 N–H and O–H groups in total. The Bertz CT molecular complexity index is 1320. The number of benzene rings is 3. The third kappa shape index (κ3) is 7.27. The Morgan fingerprint density at radius 1 is 1.00 bits per heavy atom. The van der Waals surface area contributed by atoms with Crippen LogP contribution >= 0.6 is 0 Å². The highest BCUT2D eigenvalue weighted by molar-refractivity contribution is 5.97. The van der Waals surface area contributed by atoms with Crippen LogP contribution in [0.1, 0.15) is 64.5 Å². The first-order chi connectivity index (χ1) is 17.9. The molecule has 0 aliphatic rings. The van der Waals surface area contributed by atoms with Crippen LogP contribution in [-0.2, 0) is 23.8 Å². The highest BCUT2D eigenvalue weighted by atomic mass is 19.4. The van der Waals surface area contributed by atoms with Crippen molar-refractivity contribution in [3.63, 3.8) is 0 Å². The molecule has 9 heteroatoms. The topological polar surface area (TPSA) is 84.9 Å². The summed E-state index contributed by atoms with van der Waals surface area (Å²) in [6.45, 7) is 5.64. The number of halogens is 3. The zero-order valence-electron chi connectivity index (χ0n) is 21.6. The summed E-state index contributed by atoms with van der Waals surface area (Å²) >= 11 is 0. The van der Waals surface area contributed by atoms with Crippen molar-refractivity contribution < 1.29 is 37.3 Å². The van der Waals surface area contributed by atoms with Crippen molar-refractivity contribution in [3.05, 3.63) is 88.0 Å². The van der Waals surface area contributed by atoms with Gasteiger partial charge in [-0.3, -0.25) is 9.59 Å². The number of carboxylic acids is 1. The molecule has 0 saturated heterocycles. The number of alkyl halides is 3. The lowest BCUT2D eigenvalue weighted by molar-refractivity contribution is -0.138. The fraction of sp³-hybridized carbons (Fsp3) is 0.310. The van der Waals surface area contributed by atoms with Gasteiger partial charge in [-0.25, -0.2) is 0 Å². The second-order valence-corrected chi connectivity index (χ2v) is 8.97. The molecule has 0 spiro atoms. The average molecular weight is 530 g/mol. The van der Waals surface area contributed by atoms with Crippen molar-refractivity contribution in [2.24, 2.45) is 0 Å². The molecular weight excluding hydrogens is 499 g/mol. The van der Waals surface area contributed by atoms with Crippen LogP contribution in [0.3, 0.4) is 0 Å². The number of hydrogen-bond donors (Lipinski definition) is 2. The maximum absolute atomic E-state index is 13.0. The van der Waals surface area contributed by atoms with Crippen molar-refractivity contribution in [2.45, 2.75) is 52.3 Å². The van der Waals surface area contributed by atoms with Gasteiger partial charge in [-0.2, -0.15) is 13.2 Å². The van der Waals surface area contributed by atoms with E-state index in [2.05, 4.69) is 5.32 Å². The number of hydrogen-bond acceptors (Lipinski definition) is 4. The van der Waals surface area contributed by atoms with Crippen molar-refractivity contribution in [1.29, 1.82) is 0 Å². The monoisotopic (exact) mass is 529 g/mol. The lowest BCUT2D eigenvalue weighted by atomic mass is 10.0. The molecule has 3 rings (SSSR count). The standard InChI is InChI=1S/C29H30F3NO5/c1-5-19-14-23(9-6-20(19)7-11-27(34)35)38-24-13-17(2)12-21(15-24)18(3)33-28(36)25-10-8-22(29(30,31)32)16-26(25)37-4/h6,8-10,12-16,18H,5,7,11H2,1-4H3,(H,33,36)(H,34,35)/t18-/m1/s1. The van der Waals surface area contributed by atoms with Gasteiger partial charge in [-0.1, -0.05) is 19.1 Å². The summed E-state index contributed by atoms with van der Waals surface area (Å²) in [5.41, 5.74) is 2.68. The number of aliphatic carboxylic acids is 1. The van der Waals surface area contributed by atoms with Crippen LogP contribution < -0.4 is 14.8 Å². The van der Waals surface area contributed by atoms with Gasteiger partial charge in [0.1, 0.15) is 17.2 Å². The molecule has 3 aromatic carbocycles. The Morgan fingerprint density at radius 2 is 1.74 bits per heavy atom. The number of aryl methyl sites for hydroxylation is 3. The summed E-state index contributed by atoms with van der Waals surface area (Å²) in [6, 6.07) is 13.3. The number of carboxylic acid groups (broad SMARTS) is 1. The van der Waals surface area contributed by atoms with Crippen molar-refractivity contribution in [3.8, 4) is 17.2 Å². The first-order valence-electron chi connectivity index (χ1n) is 12.1. The summed E-state index contributed by atoms with van der Waals surface area (Å²) in [7, 11) is 1.21. The summed E-state index contributed by atoms with van der Waals surface area (Å²) < 4.78 is 50.2. The van der Waals surface area contributed by atoms with E-state index in [1.54, 1.807) is 19.1 Å². The fourth-order valence-corrected chi connectivity index (χ4v) is 4.11. The van der Waals surface area contributed by atoms with E-state index in [0.717, 1.165) is 46.9 Å². The lowest BCUT2D eigenvalue weighted by Gasteiger charge is -2.18. The number of carbonyl (C=O) groups is 2. The summed E-state index contributed by atoms with van der Waals surface area (Å²) in [5, 5.41) is 11.8. The average Bonchev–Trinajstić information content (AvgIpc) is 2.86. The van der Waals surface area contributed by atoms with Crippen LogP contribution in [0.15, 0.2) is 54.6 Å². The number of ether oxygens (including phenoxy) is 2. The van der Waals surface area contributed by atoms with Gasteiger partial charge in [-0.05, 0) is 91.4 Å². The second kappa shape index (κ2) is 12.0. The maximum atomic E-state index is 13.0. The molecule has 1 atom stereocenters. The summed E-state index contributed by atoms with van der Waals surface area (Å²) in [6.07, 6.45) is -3.34. The Labute approximate surface area is 219 Å². The smallest absolute Gasteiger partial charge is 0.416 e. The molecule has 0 aliphatic carbocycles. The molecule has 0 unspecified atom stereocenters. The number of rotatable bonds is 10. The lowest BCUT2D eigenvalue weighted by Crippen LogP contribution is -2.27. The third-order valence-corrected chi connectivity index (χ3v) is 6.10. The predicted molar refractivity (Wildman–Crippen MR) is 137 cm³/mol. The van der Waals surface area contributed by atoms with Crippen molar-refractivity contribution in [2.75, 3.05) is 7.11 Å². The van der Waals surface area contributed by atoms with Crippen LogP contribution in [-0.4, -0.2) is 24.1 Å². The molecule has 3 aromatic rings. The van der Waals surface area contributed by atoms with Gasteiger partial charge in [0.2, 0.25) is 0 Å². The normalized spacial score (nSPS) is 12.1. The molecular formula is C29H30F3NO5. The highest BCUT2D eigenvalue weighted by Crippen LogP contribution is 2.34. The van der Waals surface area contributed by atoms with Gasteiger partial charge in [0.05, 0.1) is 24.3 Å². The van der Waals surface area contributed by atoms with Crippen LogP contribution in [0.2, 0.25) is 0 Å². The molecule has 0 aromatic heterocycles. The minimum atomic E-state index is -4.55. The van der Waals surface area contributed by atoms with E-state index in [4.69, 9.17) is 14.6 Å². The Morgan fingerprint density at radius 3 is 2.37 bits per heavy atom. The van der Waals surface area contributed by atoms with Crippen molar-refractivity contribution >= 4 is 11.9 Å². The van der Waals surface area contributed by atoms with E-state index < -0.39 is 29.7 Å². The van der Waals surface area contributed by atoms with Crippen LogP contribution in [0, 0.1) is 6.92 Å². The molecule has 1 amide bonds. The first kappa shape index (κ1) is 28.6. The molecule has 0 aliphatic heterocycles. The molecule has 0 bridgehead atoms. The Balaban J connectivity index is 1.78. The molecule has 0 fully saturated rings. The zero-order valence-corrected chi connectivity index (χ0v) is 21.6. The minimum absolute atomic E-state index is 0.00782. The number of methoxy groups -OCH3 is 1.